The Morgan fingerprint density at radius 1 is 1.00 bits per heavy atom. The van der Waals surface area contributed by atoms with Crippen LogP contribution in [0.25, 0.3) is 11.3 Å². The average molecular weight is 375 g/mol. The third kappa shape index (κ3) is 4.84. The molecule has 1 aromatic heterocycles. The lowest BCUT2D eigenvalue weighted by Crippen LogP contribution is -2.18. The number of carbonyl (C=O) groups excluding carboxylic acids is 1. The predicted octanol–water partition coefficient (Wildman–Crippen LogP) is 4.71. The van der Waals surface area contributed by atoms with Gasteiger partial charge in [-0.25, -0.2) is 0 Å². The van der Waals surface area contributed by atoms with E-state index >= 15 is 0 Å². The van der Waals surface area contributed by atoms with E-state index in [1.807, 2.05) is 54.6 Å². The Morgan fingerprint density at radius 2 is 1.64 bits per heavy atom. The molecule has 0 saturated carbocycles. The topological polar surface area (TPSA) is 55.0 Å². The zero-order valence-electron chi connectivity index (χ0n) is 13.3. The fourth-order valence-electron chi connectivity index (χ4n) is 2.61. The van der Waals surface area contributed by atoms with Gasteiger partial charge in [-0.2, -0.15) is 5.10 Å². The molecule has 25 heavy (non-hydrogen) atoms. The highest BCUT2D eigenvalue weighted by atomic mass is 35.5. The summed E-state index contributed by atoms with van der Waals surface area (Å²) in [5.74, 6) is 0. The fourth-order valence-corrected chi connectivity index (χ4v) is 2.86. The Morgan fingerprint density at radius 3 is 2.28 bits per heavy atom. The van der Waals surface area contributed by atoms with E-state index in [2.05, 4.69) is 10.2 Å². The Balaban J connectivity index is 1.70. The van der Waals surface area contributed by atoms with E-state index in [9.17, 15) is 4.79 Å². The maximum absolute atomic E-state index is 10.8. The van der Waals surface area contributed by atoms with Gasteiger partial charge in [-0.1, -0.05) is 47.5 Å². The first kappa shape index (κ1) is 17.5. The van der Waals surface area contributed by atoms with Crippen LogP contribution in [-0.4, -0.2) is 22.8 Å². The Hall–Kier alpha value is -2.30. The molecule has 0 spiro atoms. The van der Waals surface area contributed by atoms with Gasteiger partial charge in [-0.15, -0.1) is 0 Å². The van der Waals surface area contributed by atoms with Crippen LogP contribution < -0.4 is 0 Å². The quantitative estimate of drug-likeness (QED) is 0.609. The maximum Gasteiger partial charge on any atom is 0.293 e. The smallest absolute Gasteiger partial charge is 0.293 e. The van der Waals surface area contributed by atoms with Crippen molar-refractivity contribution in [3.8, 4) is 11.3 Å². The number of carbonyl (C=O) groups is 1. The number of aromatic amines is 1. The summed E-state index contributed by atoms with van der Waals surface area (Å²) in [4.78, 5) is 10.8. The Labute approximate surface area is 155 Å². The van der Waals surface area contributed by atoms with Crippen molar-refractivity contribution in [3.63, 3.8) is 0 Å². The molecule has 6 heteroatoms. The molecule has 4 nitrogen and oxygen atoms in total. The van der Waals surface area contributed by atoms with E-state index in [0.29, 0.717) is 29.4 Å². The van der Waals surface area contributed by atoms with Crippen molar-refractivity contribution in [2.24, 2.45) is 0 Å². The van der Waals surface area contributed by atoms with Crippen LogP contribution in [0.3, 0.4) is 0 Å². The number of hydrogen-bond donors (Lipinski definition) is 1. The summed E-state index contributed by atoms with van der Waals surface area (Å²) in [5, 5.41) is 8.68. The van der Waals surface area contributed by atoms with Crippen molar-refractivity contribution in [1.82, 2.24) is 10.2 Å². The minimum Gasteiger partial charge on any atom is -0.464 e. The van der Waals surface area contributed by atoms with E-state index < -0.39 is 0 Å². The molecule has 0 aliphatic heterocycles. The van der Waals surface area contributed by atoms with Crippen LogP contribution in [0, 0.1) is 0 Å². The molecular weight excluding hydrogens is 359 g/mol. The largest absolute Gasteiger partial charge is 0.464 e. The van der Waals surface area contributed by atoms with Crippen molar-refractivity contribution in [3.05, 3.63) is 75.9 Å². The lowest BCUT2D eigenvalue weighted by atomic mass is 10.0. The summed E-state index contributed by atoms with van der Waals surface area (Å²) in [6.07, 6.45) is 0.866. The van der Waals surface area contributed by atoms with E-state index in [0.717, 1.165) is 22.5 Å². The van der Waals surface area contributed by atoms with Gasteiger partial charge in [0.05, 0.1) is 5.69 Å². The molecular formula is C19H16Cl2N2O2. The number of nitrogens with one attached hydrogen (secondary N) is 1. The molecule has 0 saturated heterocycles. The van der Waals surface area contributed by atoms with Crippen LogP contribution in [-0.2, 0) is 22.4 Å². The lowest BCUT2D eigenvalue weighted by molar-refractivity contribution is -0.133. The number of aromatic nitrogens is 2. The van der Waals surface area contributed by atoms with Crippen molar-refractivity contribution in [2.75, 3.05) is 0 Å². The second kappa shape index (κ2) is 8.19. The van der Waals surface area contributed by atoms with Crippen molar-refractivity contribution in [1.29, 1.82) is 0 Å². The summed E-state index contributed by atoms with van der Waals surface area (Å²) in [5.41, 5.74) is 3.74. The zero-order chi connectivity index (χ0) is 17.6. The number of hydrogen-bond acceptors (Lipinski definition) is 3. The van der Waals surface area contributed by atoms with Crippen LogP contribution in [0.5, 0.6) is 0 Å². The molecule has 3 aromatic rings. The molecule has 1 N–H and O–H groups in total. The molecule has 1 unspecified atom stereocenters. The number of benzene rings is 2. The number of ether oxygens (including phenoxy) is 1. The standard InChI is InChI=1S/C19H16Cl2N2O2/c20-15-5-1-13(2-6-15)9-18(25-12-24)10-17-11-19(23-22-17)14-3-7-16(21)8-4-14/h1-8,11-12,18H,9-10H2,(H,22,23). The van der Waals surface area contributed by atoms with Crippen LogP contribution in [0.4, 0.5) is 0 Å². The van der Waals surface area contributed by atoms with Crippen LogP contribution >= 0.6 is 23.2 Å². The lowest BCUT2D eigenvalue weighted by Gasteiger charge is -2.14. The van der Waals surface area contributed by atoms with Gasteiger partial charge >= 0.3 is 0 Å². The zero-order valence-corrected chi connectivity index (χ0v) is 14.8. The van der Waals surface area contributed by atoms with Crippen LogP contribution in [0.15, 0.2) is 54.6 Å². The molecule has 128 valence electrons. The summed E-state index contributed by atoms with van der Waals surface area (Å²) in [6, 6.07) is 16.9. The van der Waals surface area contributed by atoms with E-state index in [1.165, 1.54) is 0 Å². The van der Waals surface area contributed by atoms with E-state index in [1.54, 1.807) is 0 Å². The monoisotopic (exact) mass is 374 g/mol. The molecule has 0 aliphatic carbocycles. The fraction of sp³-hybridized carbons (Fsp3) is 0.158. The first-order chi connectivity index (χ1) is 12.1. The van der Waals surface area contributed by atoms with Gasteiger partial charge in [-0.05, 0) is 35.9 Å². The molecule has 0 fully saturated rings. The molecule has 2 aromatic carbocycles. The molecule has 0 aliphatic rings. The van der Waals surface area contributed by atoms with Gasteiger partial charge in [0.25, 0.3) is 6.47 Å². The van der Waals surface area contributed by atoms with Gasteiger partial charge in [0.15, 0.2) is 0 Å². The Bertz CT molecular complexity index is 829. The third-order valence-electron chi connectivity index (χ3n) is 3.84. The molecule has 0 amide bonds. The normalized spacial score (nSPS) is 11.9. The van der Waals surface area contributed by atoms with Crippen LogP contribution in [0.2, 0.25) is 10.0 Å². The maximum atomic E-state index is 10.8. The summed E-state index contributed by atoms with van der Waals surface area (Å²) in [6.45, 7) is 0.483. The second-order valence-electron chi connectivity index (χ2n) is 5.67. The number of H-pyrrole nitrogens is 1. The second-order valence-corrected chi connectivity index (χ2v) is 6.55. The highest BCUT2D eigenvalue weighted by molar-refractivity contribution is 6.30. The van der Waals surface area contributed by atoms with Gasteiger partial charge in [0, 0.05) is 34.1 Å². The first-order valence-corrected chi connectivity index (χ1v) is 8.53. The number of nitrogens with zero attached hydrogens (tertiary/aromatic N) is 1. The first-order valence-electron chi connectivity index (χ1n) is 7.78. The number of rotatable bonds is 7. The summed E-state index contributed by atoms with van der Waals surface area (Å²) in [7, 11) is 0. The summed E-state index contributed by atoms with van der Waals surface area (Å²) < 4.78 is 5.23. The van der Waals surface area contributed by atoms with Gasteiger partial charge in [-0.3, -0.25) is 9.89 Å². The molecule has 3 rings (SSSR count). The minimum atomic E-state index is -0.280. The van der Waals surface area contributed by atoms with Crippen molar-refractivity contribution >= 4 is 29.7 Å². The SMILES string of the molecule is O=COC(Cc1ccc(Cl)cc1)Cc1cc(-c2ccc(Cl)cc2)n[nH]1. The van der Waals surface area contributed by atoms with E-state index in [-0.39, 0.29) is 6.10 Å². The molecule has 1 atom stereocenters. The minimum absolute atomic E-state index is 0.280. The van der Waals surface area contributed by atoms with Gasteiger partial charge in [0.1, 0.15) is 6.10 Å². The van der Waals surface area contributed by atoms with Crippen molar-refractivity contribution < 1.29 is 9.53 Å². The Kier molecular flexibility index (Phi) is 5.74. The average Bonchev–Trinajstić information content (AvgIpc) is 3.06. The highest BCUT2D eigenvalue weighted by Gasteiger charge is 2.14. The van der Waals surface area contributed by atoms with Crippen molar-refractivity contribution in [2.45, 2.75) is 18.9 Å². The predicted molar refractivity (Wildman–Crippen MR) is 98.8 cm³/mol. The van der Waals surface area contributed by atoms with Crippen LogP contribution in [0.1, 0.15) is 11.3 Å². The highest BCUT2D eigenvalue weighted by Crippen LogP contribution is 2.21. The molecule has 0 radical (unpaired) electrons. The molecule has 0 bridgehead atoms. The van der Waals surface area contributed by atoms with Gasteiger partial charge < -0.3 is 4.74 Å². The molecule has 1 heterocycles. The van der Waals surface area contributed by atoms with E-state index in [4.69, 9.17) is 27.9 Å². The number of halogens is 2. The summed E-state index contributed by atoms with van der Waals surface area (Å²) >= 11 is 11.8. The van der Waals surface area contributed by atoms with Gasteiger partial charge in [0.2, 0.25) is 0 Å². The third-order valence-corrected chi connectivity index (χ3v) is 4.35.